The molecular formula is C13H12F2N4O. The topological polar surface area (TPSA) is 66.9 Å². The highest BCUT2D eigenvalue weighted by Gasteiger charge is 2.13. The van der Waals surface area contributed by atoms with Crippen molar-refractivity contribution in [3.8, 4) is 0 Å². The molecule has 0 radical (unpaired) electrons. The molecule has 0 saturated carbocycles. The predicted octanol–water partition coefficient (Wildman–Crippen LogP) is 2.36. The third-order valence-corrected chi connectivity index (χ3v) is 2.62. The second kappa shape index (κ2) is 5.60. The van der Waals surface area contributed by atoms with Crippen LogP contribution in [0, 0.1) is 18.6 Å². The number of nitrogens with zero attached hydrogens (tertiary/aromatic N) is 2. The van der Waals surface area contributed by atoms with E-state index in [0.29, 0.717) is 5.82 Å². The molecule has 0 unspecified atom stereocenters. The van der Waals surface area contributed by atoms with Crippen molar-refractivity contribution < 1.29 is 13.6 Å². The largest absolute Gasteiger partial charge is 0.372 e. The first-order chi connectivity index (χ1) is 9.51. The van der Waals surface area contributed by atoms with E-state index in [2.05, 4.69) is 20.6 Å². The van der Waals surface area contributed by atoms with Gasteiger partial charge in [0.05, 0.1) is 18.1 Å². The van der Waals surface area contributed by atoms with Crippen LogP contribution in [-0.2, 0) is 0 Å². The summed E-state index contributed by atoms with van der Waals surface area (Å²) in [4.78, 5) is 19.7. The van der Waals surface area contributed by atoms with E-state index in [4.69, 9.17) is 0 Å². The summed E-state index contributed by atoms with van der Waals surface area (Å²) in [6.07, 6.45) is 2.67. The molecule has 1 aromatic heterocycles. The summed E-state index contributed by atoms with van der Waals surface area (Å²) < 4.78 is 27.0. The SMILES string of the molecule is CNc1cncc(C(=O)Nc2cc(F)c(C)cc2F)n1. The summed E-state index contributed by atoms with van der Waals surface area (Å²) in [5.41, 5.74) is -0.0792. The van der Waals surface area contributed by atoms with Gasteiger partial charge in [-0.15, -0.1) is 0 Å². The van der Waals surface area contributed by atoms with Gasteiger partial charge in [-0.25, -0.2) is 13.8 Å². The Balaban J connectivity index is 2.25. The number of carbonyl (C=O) groups is 1. The number of rotatable bonds is 3. The number of aryl methyl sites for hydroxylation is 1. The van der Waals surface area contributed by atoms with Gasteiger partial charge in [0.1, 0.15) is 23.1 Å². The maximum Gasteiger partial charge on any atom is 0.276 e. The van der Waals surface area contributed by atoms with Gasteiger partial charge in [-0.1, -0.05) is 0 Å². The monoisotopic (exact) mass is 278 g/mol. The number of hydrogen-bond acceptors (Lipinski definition) is 4. The number of benzene rings is 1. The van der Waals surface area contributed by atoms with Crippen LogP contribution in [0.15, 0.2) is 24.5 Å². The minimum Gasteiger partial charge on any atom is -0.372 e. The second-order valence-corrected chi connectivity index (χ2v) is 4.07. The van der Waals surface area contributed by atoms with E-state index in [1.54, 1.807) is 7.05 Å². The third-order valence-electron chi connectivity index (χ3n) is 2.62. The zero-order valence-corrected chi connectivity index (χ0v) is 10.9. The molecular weight excluding hydrogens is 266 g/mol. The lowest BCUT2D eigenvalue weighted by Gasteiger charge is -2.08. The van der Waals surface area contributed by atoms with E-state index >= 15 is 0 Å². The summed E-state index contributed by atoms with van der Waals surface area (Å²) in [5.74, 6) is -1.59. The normalized spacial score (nSPS) is 10.2. The van der Waals surface area contributed by atoms with Gasteiger partial charge in [-0.3, -0.25) is 9.78 Å². The maximum atomic E-state index is 13.6. The zero-order valence-electron chi connectivity index (χ0n) is 10.9. The Morgan fingerprint density at radius 3 is 2.65 bits per heavy atom. The lowest BCUT2D eigenvalue weighted by molar-refractivity contribution is 0.102. The molecule has 0 fully saturated rings. The van der Waals surface area contributed by atoms with Crippen LogP contribution in [-0.4, -0.2) is 22.9 Å². The maximum absolute atomic E-state index is 13.6. The number of nitrogens with one attached hydrogen (secondary N) is 2. The zero-order chi connectivity index (χ0) is 14.7. The minimum atomic E-state index is -0.713. The molecule has 1 heterocycles. The molecule has 20 heavy (non-hydrogen) atoms. The fourth-order valence-electron chi connectivity index (χ4n) is 1.52. The highest BCUT2D eigenvalue weighted by Crippen LogP contribution is 2.19. The second-order valence-electron chi connectivity index (χ2n) is 4.07. The number of anilines is 2. The van der Waals surface area contributed by atoms with Gasteiger partial charge in [0, 0.05) is 13.1 Å². The van der Waals surface area contributed by atoms with Crippen LogP contribution in [0.2, 0.25) is 0 Å². The fourth-order valence-corrected chi connectivity index (χ4v) is 1.52. The van der Waals surface area contributed by atoms with Crippen molar-refractivity contribution in [1.29, 1.82) is 0 Å². The van der Waals surface area contributed by atoms with Crippen molar-refractivity contribution in [2.45, 2.75) is 6.92 Å². The standard InChI is InChI=1S/C13H12F2N4O/c1-7-3-9(15)10(4-8(7)14)19-13(20)11-5-17-6-12(16-2)18-11/h3-6H,1-2H3,(H,16,18)(H,19,20). The van der Waals surface area contributed by atoms with Gasteiger partial charge in [0.15, 0.2) is 0 Å². The number of hydrogen-bond donors (Lipinski definition) is 2. The highest BCUT2D eigenvalue weighted by atomic mass is 19.1. The van der Waals surface area contributed by atoms with E-state index in [1.165, 1.54) is 19.3 Å². The first-order valence-corrected chi connectivity index (χ1v) is 5.78. The average Bonchev–Trinajstić information content (AvgIpc) is 2.44. The van der Waals surface area contributed by atoms with Crippen molar-refractivity contribution >= 4 is 17.4 Å². The lowest BCUT2D eigenvalue weighted by atomic mass is 10.2. The van der Waals surface area contributed by atoms with E-state index in [1.807, 2.05) is 0 Å². The first kappa shape index (κ1) is 13.9. The molecule has 0 spiro atoms. The third kappa shape index (κ3) is 2.87. The Kier molecular flexibility index (Phi) is 3.88. The van der Waals surface area contributed by atoms with Crippen LogP contribution in [0.1, 0.15) is 16.1 Å². The Morgan fingerprint density at radius 1 is 1.20 bits per heavy atom. The molecule has 104 valence electrons. The van der Waals surface area contributed by atoms with Crippen LogP contribution < -0.4 is 10.6 Å². The van der Waals surface area contributed by atoms with Gasteiger partial charge in [0.25, 0.3) is 5.91 Å². The average molecular weight is 278 g/mol. The smallest absolute Gasteiger partial charge is 0.276 e. The van der Waals surface area contributed by atoms with Gasteiger partial charge >= 0.3 is 0 Å². The Morgan fingerprint density at radius 2 is 1.95 bits per heavy atom. The Bertz CT molecular complexity index is 661. The predicted molar refractivity (Wildman–Crippen MR) is 70.6 cm³/mol. The van der Waals surface area contributed by atoms with Crippen molar-refractivity contribution in [2.75, 3.05) is 17.7 Å². The van der Waals surface area contributed by atoms with Crippen molar-refractivity contribution in [2.24, 2.45) is 0 Å². The summed E-state index contributed by atoms with van der Waals surface area (Å²) in [7, 11) is 1.63. The summed E-state index contributed by atoms with van der Waals surface area (Å²) >= 11 is 0. The molecule has 1 amide bonds. The molecule has 2 rings (SSSR count). The van der Waals surface area contributed by atoms with E-state index in [0.717, 1.165) is 12.1 Å². The van der Waals surface area contributed by atoms with Crippen LogP contribution in [0.4, 0.5) is 20.3 Å². The molecule has 0 aliphatic rings. The van der Waals surface area contributed by atoms with Crippen LogP contribution in [0.5, 0.6) is 0 Å². The van der Waals surface area contributed by atoms with Crippen molar-refractivity contribution in [3.63, 3.8) is 0 Å². The molecule has 0 aliphatic heterocycles. The molecule has 2 aromatic rings. The molecule has 5 nitrogen and oxygen atoms in total. The minimum absolute atomic E-state index is 0.00256. The van der Waals surface area contributed by atoms with Crippen LogP contribution >= 0.6 is 0 Å². The van der Waals surface area contributed by atoms with E-state index in [-0.39, 0.29) is 16.9 Å². The van der Waals surface area contributed by atoms with Crippen LogP contribution in [0.3, 0.4) is 0 Å². The molecule has 0 aliphatic carbocycles. The number of aromatic nitrogens is 2. The summed E-state index contributed by atoms with van der Waals surface area (Å²) in [6.45, 7) is 1.44. The summed E-state index contributed by atoms with van der Waals surface area (Å²) in [6, 6.07) is 1.94. The number of halogens is 2. The van der Waals surface area contributed by atoms with E-state index < -0.39 is 17.5 Å². The molecule has 0 bridgehead atoms. The number of carbonyl (C=O) groups excluding carboxylic acids is 1. The molecule has 2 N–H and O–H groups in total. The van der Waals surface area contributed by atoms with E-state index in [9.17, 15) is 13.6 Å². The molecule has 1 aromatic carbocycles. The number of amides is 1. The van der Waals surface area contributed by atoms with Gasteiger partial charge < -0.3 is 10.6 Å². The van der Waals surface area contributed by atoms with Crippen LogP contribution in [0.25, 0.3) is 0 Å². The molecule has 0 atom stereocenters. The molecule has 0 saturated heterocycles. The lowest BCUT2D eigenvalue weighted by Crippen LogP contribution is -2.16. The van der Waals surface area contributed by atoms with Gasteiger partial charge in [-0.05, 0) is 18.6 Å². The van der Waals surface area contributed by atoms with Gasteiger partial charge in [-0.2, -0.15) is 0 Å². The quantitative estimate of drug-likeness (QED) is 0.904. The van der Waals surface area contributed by atoms with Gasteiger partial charge in [0.2, 0.25) is 0 Å². The Hall–Kier alpha value is -2.57. The fraction of sp³-hybridized carbons (Fsp3) is 0.154. The molecule has 7 heteroatoms. The first-order valence-electron chi connectivity index (χ1n) is 5.78. The van der Waals surface area contributed by atoms with Crippen molar-refractivity contribution in [1.82, 2.24) is 9.97 Å². The Labute approximate surface area is 114 Å². The summed E-state index contributed by atoms with van der Waals surface area (Å²) in [5, 5.41) is 4.99. The highest BCUT2D eigenvalue weighted by molar-refractivity contribution is 6.02. The van der Waals surface area contributed by atoms with Crippen molar-refractivity contribution in [3.05, 3.63) is 47.4 Å².